The summed E-state index contributed by atoms with van der Waals surface area (Å²) in [5.74, 6) is 0. The summed E-state index contributed by atoms with van der Waals surface area (Å²) >= 11 is 0. The molecule has 2 heterocycles. The molecule has 2 aliphatic rings. The monoisotopic (exact) mass is 216 g/mol. The van der Waals surface area contributed by atoms with Gasteiger partial charge in [-0.3, -0.25) is 4.90 Å². The summed E-state index contributed by atoms with van der Waals surface area (Å²) in [7, 11) is 0. The van der Waals surface area contributed by atoms with Crippen molar-refractivity contribution in [3.05, 3.63) is 35.9 Å². The molecule has 0 saturated carbocycles. The van der Waals surface area contributed by atoms with E-state index < -0.39 is 0 Å². The van der Waals surface area contributed by atoms with Crippen LogP contribution in [-0.4, -0.2) is 30.1 Å². The smallest absolute Gasteiger partial charge is 0.0321 e. The Morgan fingerprint density at radius 2 is 2.06 bits per heavy atom. The summed E-state index contributed by atoms with van der Waals surface area (Å²) in [4.78, 5) is 2.59. The van der Waals surface area contributed by atoms with Crippen LogP contribution in [0.25, 0.3) is 0 Å². The second-order valence-corrected chi connectivity index (χ2v) is 5.26. The molecule has 2 nitrogen and oxygen atoms in total. The molecule has 3 rings (SSSR count). The summed E-state index contributed by atoms with van der Waals surface area (Å²) in [6, 6.07) is 10.8. The highest BCUT2D eigenvalue weighted by Gasteiger charge is 2.39. The minimum Gasteiger partial charge on any atom is -0.310 e. The quantitative estimate of drug-likeness (QED) is 0.813. The van der Waals surface area contributed by atoms with Crippen LogP contribution in [0.15, 0.2) is 30.3 Å². The van der Waals surface area contributed by atoms with Crippen LogP contribution >= 0.6 is 0 Å². The number of nitrogens with one attached hydrogen (secondary N) is 1. The van der Waals surface area contributed by atoms with E-state index in [0.29, 0.717) is 5.54 Å². The molecule has 86 valence electrons. The van der Waals surface area contributed by atoms with Crippen molar-refractivity contribution in [1.82, 2.24) is 10.2 Å². The maximum Gasteiger partial charge on any atom is 0.0321 e. The standard InChI is InChI=1S/C14H20N2/c1-2-5-13(6-3-1)11-16-10-8-14(12-16)7-4-9-15-14/h1-3,5-6,15H,4,7-12H2/t14-/m0/s1. The highest BCUT2D eigenvalue weighted by molar-refractivity contribution is 5.15. The lowest BCUT2D eigenvalue weighted by Gasteiger charge is -2.24. The fourth-order valence-corrected chi connectivity index (χ4v) is 3.15. The third kappa shape index (κ3) is 2.00. The summed E-state index contributed by atoms with van der Waals surface area (Å²) in [6.07, 6.45) is 4.07. The van der Waals surface area contributed by atoms with Gasteiger partial charge in [0.15, 0.2) is 0 Å². The number of rotatable bonds is 2. The van der Waals surface area contributed by atoms with Crippen LogP contribution in [-0.2, 0) is 6.54 Å². The molecule has 1 atom stereocenters. The number of hydrogen-bond donors (Lipinski definition) is 1. The van der Waals surface area contributed by atoms with E-state index in [-0.39, 0.29) is 0 Å². The van der Waals surface area contributed by atoms with E-state index in [1.807, 2.05) is 0 Å². The van der Waals surface area contributed by atoms with Crippen LogP contribution < -0.4 is 5.32 Å². The lowest BCUT2D eigenvalue weighted by atomic mass is 9.97. The van der Waals surface area contributed by atoms with Crippen LogP contribution in [0.1, 0.15) is 24.8 Å². The topological polar surface area (TPSA) is 15.3 Å². The molecule has 2 fully saturated rings. The highest BCUT2D eigenvalue weighted by atomic mass is 15.2. The van der Waals surface area contributed by atoms with Crippen molar-refractivity contribution >= 4 is 0 Å². The number of nitrogens with zero attached hydrogens (tertiary/aromatic N) is 1. The zero-order valence-corrected chi connectivity index (χ0v) is 9.78. The second-order valence-electron chi connectivity index (χ2n) is 5.26. The van der Waals surface area contributed by atoms with Crippen molar-refractivity contribution in [3.63, 3.8) is 0 Å². The molecule has 1 spiro atoms. The van der Waals surface area contributed by atoms with E-state index in [0.717, 1.165) is 6.54 Å². The third-order valence-electron chi connectivity index (χ3n) is 4.01. The van der Waals surface area contributed by atoms with Gasteiger partial charge in [0.05, 0.1) is 0 Å². The molecule has 0 aromatic heterocycles. The van der Waals surface area contributed by atoms with Gasteiger partial charge in [-0.05, 0) is 31.4 Å². The van der Waals surface area contributed by atoms with Gasteiger partial charge in [-0.2, -0.15) is 0 Å². The van der Waals surface area contributed by atoms with E-state index in [1.165, 1.54) is 44.5 Å². The van der Waals surface area contributed by atoms with Crippen LogP contribution in [0.5, 0.6) is 0 Å². The predicted molar refractivity (Wildman–Crippen MR) is 66.3 cm³/mol. The van der Waals surface area contributed by atoms with Crippen molar-refractivity contribution < 1.29 is 0 Å². The number of hydrogen-bond acceptors (Lipinski definition) is 2. The van der Waals surface area contributed by atoms with Crippen molar-refractivity contribution in [1.29, 1.82) is 0 Å². The highest BCUT2D eigenvalue weighted by Crippen LogP contribution is 2.30. The van der Waals surface area contributed by atoms with E-state index >= 15 is 0 Å². The van der Waals surface area contributed by atoms with Crippen molar-refractivity contribution in [3.8, 4) is 0 Å². The molecule has 1 N–H and O–H groups in total. The predicted octanol–water partition coefficient (Wildman–Crippen LogP) is 2.01. The van der Waals surface area contributed by atoms with Gasteiger partial charge in [0, 0.05) is 25.2 Å². The largest absolute Gasteiger partial charge is 0.310 e. The molecular formula is C14H20N2. The summed E-state index contributed by atoms with van der Waals surface area (Å²) in [6.45, 7) is 4.83. The molecule has 2 aliphatic heterocycles. The van der Waals surface area contributed by atoms with Gasteiger partial charge >= 0.3 is 0 Å². The first-order chi connectivity index (χ1) is 7.86. The second kappa shape index (κ2) is 4.19. The molecule has 1 aromatic carbocycles. The van der Waals surface area contributed by atoms with E-state index in [4.69, 9.17) is 0 Å². The Morgan fingerprint density at radius 1 is 1.19 bits per heavy atom. The Kier molecular flexibility index (Phi) is 2.70. The van der Waals surface area contributed by atoms with Crippen molar-refractivity contribution in [2.75, 3.05) is 19.6 Å². The van der Waals surface area contributed by atoms with E-state index in [2.05, 4.69) is 40.5 Å². The van der Waals surface area contributed by atoms with Gasteiger partial charge < -0.3 is 5.32 Å². The number of benzene rings is 1. The molecule has 0 amide bonds. The van der Waals surface area contributed by atoms with Crippen molar-refractivity contribution in [2.45, 2.75) is 31.3 Å². The third-order valence-corrected chi connectivity index (χ3v) is 4.01. The fraction of sp³-hybridized carbons (Fsp3) is 0.571. The summed E-state index contributed by atoms with van der Waals surface area (Å²) < 4.78 is 0. The van der Waals surface area contributed by atoms with Gasteiger partial charge in [0.1, 0.15) is 0 Å². The van der Waals surface area contributed by atoms with Crippen LogP contribution in [0, 0.1) is 0 Å². The van der Waals surface area contributed by atoms with Crippen molar-refractivity contribution in [2.24, 2.45) is 0 Å². The average molecular weight is 216 g/mol. The summed E-state index contributed by atoms with van der Waals surface area (Å²) in [5, 5.41) is 3.71. The van der Waals surface area contributed by atoms with Gasteiger partial charge in [-0.1, -0.05) is 30.3 Å². The molecule has 0 radical (unpaired) electrons. The van der Waals surface area contributed by atoms with Gasteiger partial charge in [0.2, 0.25) is 0 Å². The molecule has 16 heavy (non-hydrogen) atoms. The lowest BCUT2D eigenvalue weighted by molar-refractivity contribution is 0.291. The lowest BCUT2D eigenvalue weighted by Crippen LogP contribution is -2.42. The Hall–Kier alpha value is -0.860. The van der Waals surface area contributed by atoms with Gasteiger partial charge in [-0.25, -0.2) is 0 Å². The first-order valence-corrected chi connectivity index (χ1v) is 6.38. The molecule has 0 bridgehead atoms. The maximum absolute atomic E-state index is 3.71. The number of likely N-dealkylation sites (tertiary alicyclic amines) is 1. The summed E-state index contributed by atoms with van der Waals surface area (Å²) in [5.41, 5.74) is 1.91. The molecule has 1 aromatic rings. The zero-order valence-electron chi connectivity index (χ0n) is 9.78. The molecule has 2 heteroatoms. The normalized spacial score (nSPS) is 30.2. The maximum atomic E-state index is 3.71. The molecule has 0 unspecified atom stereocenters. The Labute approximate surface area is 97.6 Å². The minimum atomic E-state index is 0.467. The van der Waals surface area contributed by atoms with E-state index in [9.17, 15) is 0 Å². The molecule has 2 saturated heterocycles. The SMILES string of the molecule is c1ccc(CN2CC[C@@]3(CCCN3)C2)cc1. The van der Waals surface area contributed by atoms with E-state index in [1.54, 1.807) is 0 Å². The first-order valence-electron chi connectivity index (χ1n) is 6.38. The Morgan fingerprint density at radius 3 is 2.81 bits per heavy atom. The van der Waals surface area contributed by atoms with Crippen LogP contribution in [0.3, 0.4) is 0 Å². The van der Waals surface area contributed by atoms with Crippen LogP contribution in [0.4, 0.5) is 0 Å². The fourth-order valence-electron chi connectivity index (χ4n) is 3.15. The molecular weight excluding hydrogens is 196 g/mol. The first kappa shape index (κ1) is 10.3. The average Bonchev–Trinajstić information content (AvgIpc) is 2.92. The Balaban J connectivity index is 1.62. The molecule has 0 aliphatic carbocycles. The minimum absolute atomic E-state index is 0.467. The zero-order chi connectivity index (χ0) is 10.8. The van der Waals surface area contributed by atoms with Crippen LogP contribution in [0.2, 0.25) is 0 Å². The van der Waals surface area contributed by atoms with Gasteiger partial charge in [0.25, 0.3) is 0 Å². The van der Waals surface area contributed by atoms with Gasteiger partial charge in [-0.15, -0.1) is 0 Å². The Bertz CT molecular complexity index is 341.